The van der Waals surface area contributed by atoms with Gasteiger partial charge in [-0.3, -0.25) is 4.79 Å². The van der Waals surface area contributed by atoms with Crippen molar-refractivity contribution < 1.29 is 22.7 Å². The summed E-state index contributed by atoms with van der Waals surface area (Å²) < 4.78 is 27.7. The maximum atomic E-state index is 11.8. The van der Waals surface area contributed by atoms with E-state index in [1.165, 1.54) is 13.0 Å². The Hall–Kier alpha value is -1.93. The zero-order valence-electron chi connectivity index (χ0n) is 11.3. The molecule has 0 unspecified atom stereocenters. The molecule has 1 aromatic rings. The summed E-state index contributed by atoms with van der Waals surface area (Å²) in [6, 6.07) is 2.58. The molecule has 4 N–H and O–H groups in total. The van der Waals surface area contributed by atoms with Crippen LogP contribution < -0.4 is 10.9 Å². The van der Waals surface area contributed by atoms with Crippen LogP contribution in [0.25, 0.3) is 0 Å². The average molecular weight is 300 g/mol. The van der Waals surface area contributed by atoms with Gasteiger partial charge in [-0.05, 0) is 44.0 Å². The van der Waals surface area contributed by atoms with Crippen LogP contribution in [0.4, 0.5) is 0 Å². The van der Waals surface area contributed by atoms with E-state index in [0.717, 1.165) is 6.07 Å². The number of nitrogens with two attached hydrogens (primary N) is 2. The van der Waals surface area contributed by atoms with Gasteiger partial charge in [0.2, 0.25) is 10.0 Å². The Balaban J connectivity index is 3.25. The van der Waals surface area contributed by atoms with Crippen molar-refractivity contribution in [3.8, 4) is 0 Å². The third kappa shape index (κ3) is 3.55. The normalized spacial score (nSPS) is 12.8. The lowest BCUT2D eigenvalue weighted by Crippen LogP contribution is -2.30. The molecule has 20 heavy (non-hydrogen) atoms. The van der Waals surface area contributed by atoms with Crippen LogP contribution >= 0.6 is 0 Å². The Morgan fingerprint density at radius 3 is 2.25 bits per heavy atom. The molecule has 0 aliphatic rings. The van der Waals surface area contributed by atoms with Crippen molar-refractivity contribution in [2.24, 2.45) is 10.9 Å². The molecular formula is C12H16N2O5S. The molecule has 1 amide bonds. The van der Waals surface area contributed by atoms with E-state index in [1.807, 2.05) is 0 Å². The predicted molar refractivity (Wildman–Crippen MR) is 71.4 cm³/mol. The van der Waals surface area contributed by atoms with Crippen molar-refractivity contribution in [2.75, 3.05) is 0 Å². The number of benzene rings is 1. The number of carbonyl (C=O) groups is 2. The molecule has 0 radical (unpaired) electrons. The minimum absolute atomic E-state index is 0.00905. The largest absolute Gasteiger partial charge is 0.449 e. The molecule has 7 nitrogen and oxygen atoms in total. The Morgan fingerprint density at radius 2 is 1.80 bits per heavy atom. The lowest BCUT2D eigenvalue weighted by Gasteiger charge is -2.12. The van der Waals surface area contributed by atoms with Crippen molar-refractivity contribution in [2.45, 2.75) is 31.8 Å². The second-order valence-electron chi connectivity index (χ2n) is 4.41. The number of primary sulfonamides is 1. The molecular weight excluding hydrogens is 284 g/mol. The second kappa shape index (κ2) is 5.59. The van der Waals surface area contributed by atoms with Gasteiger partial charge in [0.1, 0.15) is 0 Å². The van der Waals surface area contributed by atoms with Crippen LogP contribution in [0.3, 0.4) is 0 Å². The number of esters is 1. The van der Waals surface area contributed by atoms with E-state index in [9.17, 15) is 18.0 Å². The van der Waals surface area contributed by atoms with E-state index < -0.39 is 28.0 Å². The number of hydrogen-bond acceptors (Lipinski definition) is 5. The van der Waals surface area contributed by atoms with Gasteiger partial charge in [-0.15, -0.1) is 0 Å². The van der Waals surface area contributed by atoms with Gasteiger partial charge in [-0.25, -0.2) is 18.4 Å². The van der Waals surface area contributed by atoms with E-state index in [1.54, 1.807) is 13.8 Å². The summed E-state index contributed by atoms with van der Waals surface area (Å²) >= 11 is 0. The molecule has 1 aromatic carbocycles. The van der Waals surface area contributed by atoms with Crippen molar-refractivity contribution in [1.82, 2.24) is 0 Å². The first-order valence-electron chi connectivity index (χ1n) is 5.68. The van der Waals surface area contributed by atoms with Gasteiger partial charge < -0.3 is 10.5 Å². The average Bonchev–Trinajstić information content (AvgIpc) is 2.30. The topological polar surface area (TPSA) is 130 Å². The minimum atomic E-state index is -3.96. The van der Waals surface area contributed by atoms with E-state index in [0.29, 0.717) is 11.1 Å². The van der Waals surface area contributed by atoms with Crippen LogP contribution in [0.5, 0.6) is 0 Å². The summed E-state index contributed by atoms with van der Waals surface area (Å²) in [7, 11) is -3.96. The van der Waals surface area contributed by atoms with Gasteiger partial charge in [-0.1, -0.05) is 0 Å². The maximum Gasteiger partial charge on any atom is 0.338 e. The Bertz CT molecular complexity index is 667. The summed E-state index contributed by atoms with van der Waals surface area (Å²) in [5.74, 6) is -1.64. The summed E-state index contributed by atoms with van der Waals surface area (Å²) in [6.07, 6.45) is -1.11. The number of sulfonamides is 1. The van der Waals surface area contributed by atoms with Gasteiger partial charge in [0.25, 0.3) is 5.91 Å². The standard InChI is InChI=1S/C12H16N2O5S/c1-6-4-9(12(16)19-8(3)11(13)15)5-10(7(6)2)20(14,17)18/h4-5,8H,1-3H3,(H2,13,15)(H2,14,17,18)/t8-/m1/s1. The summed E-state index contributed by atoms with van der Waals surface area (Å²) in [5.41, 5.74) is 5.99. The molecule has 8 heteroatoms. The zero-order chi connectivity index (χ0) is 15.7. The molecule has 0 aromatic heterocycles. The highest BCUT2D eigenvalue weighted by Gasteiger charge is 2.20. The first-order valence-corrected chi connectivity index (χ1v) is 7.23. The fourth-order valence-corrected chi connectivity index (χ4v) is 2.41. The van der Waals surface area contributed by atoms with Crippen molar-refractivity contribution in [1.29, 1.82) is 0 Å². The first kappa shape index (κ1) is 16.1. The van der Waals surface area contributed by atoms with E-state index in [-0.39, 0.29) is 10.5 Å². The third-order valence-electron chi connectivity index (χ3n) is 2.85. The third-order valence-corrected chi connectivity index (χ3v) is 3.88. The lowest BCUT2D eigenvalue weighted by atomic mass is 10.1. The molecule has 0 spiro atoms. The number of rotatable bonds is 4. The fourth-order valence-electron chi connectivity index (χ4n) is 1.53. The van der Waals surface area contributed by atoms with Crippen LogP contribution in [-0.4, -0.2) is 26.4 Å². The van der Waals surface area contributed by atoms with Crippen LogP contribution in [0.1, 0.15) is 28.4 Å². The van der Waals surface area contributed by atoms with Crippen molar-refractivity contribution >= 4 is 21.9 Å². The molecule has 110 valence electrons. The van der Waals surface area contributed by atoms with Crippen LogP contribution in [-0.2, 0) is 19.6 Å². The van der Waals surface area contributed by atoms with Gasteiger partial charge in [0, 0.05) is 0 Å². The molecule has 0 bridgehead atoms. The first-order chi connectivity index (χ1) is 9.04. The molecule has 0 heterocycles. The molecule has 0 aliphatic carbocycles. The number of hydrogen-bond donors (Lipinski definition) is 2. The molecule has 1 rings (SSSR count). The molecule has 0 saturated carbocycles. The highest BCUT2D eigenvalue weighted by atomic mass is 32.2. The molecule has 0 saturated heterocycles. The molecule has 1 atom stereocenters. The number of aryl methyl sites for hydroxylation is 1. The Morgan fingerprint density at radius 1 is 1.25 bits per heavy atom. The zero-order valence-corrected chi connectivity index (χ0v) is 12.2. The fraction of sp³-hybridized carbons (Fsp3) is 0.333. The summed E-state index contributed by atoms with van der Waals surface area (Å²) in [6.45, 7) is 4.54. The Kier molecular flexibility index (Phi) is 4.51. The maximum absolute atomic E-state index is 11.8. The quantitative estimate of drug-likeness (QED) is 0.755. The lowest BCUT2D eigenvalue weighted by molar-refractivity contribution is -0.125. The SMILES string of the molecule is Cc1cc(C(=O)O[C@H](C)C(N)=O)cc(S(N)(=O)=O)c1C. The van der Waals surface area contributed by atoms with Gasteiger partial charge in [-0.2, -0.15) is 0 Å². The van der Waals surface area contributed by atoms with Crippen molar-refractivity contribution in [3.05, 3.63) is 28.8 Å². The van der Waals surface area contributed by atoms with Crippen LogP contribution in [0.15, 0.2) is 17.0 Å². The number of ether oxygens (including phenoxy) is 1. The van der Waals surface area contributed by atoms with Crippen LogP contribution in [0.2, 0.25) is 0 Å². The summed E-state index contributed by atoms with van der Waals surface area (Å²) in [4.78, 5) is 22.5. The molecule has 0 fully saturated rings. The summed E-state index contributed by atoms with van der Waals surface area (Å²) in [5, 5.41) is 5.09. The highest BCUT2D eigenvalue weighted by molar-refractivity contribution is 7.89. The monoisotopic (exact) mass is 300 g/mol. The van der Waals surface area contributed by atoms with E-state index >= 15 is 0 Å². The van der Waals surface area contributed by atoms with Crippen LogP contribution in [0, 0.1) is 13.8 Å². The highest BCUT2D eigenvalue weighted by Crippen LogP contribution is 2.20. The van der Waals surface area contributed by atoms with E-state index in [4.69, 9.17) is 15.6 Å². The minimum Gasteiger partial charge on any atom is -0.449 e. The number of carbonyl (C=O) groups excluding carboxylic acids is 2. The van der Waals surface area contributed by atoms with Gasteiger partial charge in [0.05, 0.1) is 10.5 Å². The predicted octanol–water partition coefficient (Wildman–Crippen LogP) is -0.0186. The van der Waals surface area contributed by atoms with Gasteiger partial charge in [0.15, 0.2) is 6.10 Å². The smallest absolute Gasteiger partial charge is 0.338 e. The van der Waals surface area contributed by atoms with Gasteiger partial charge >= 0.3 is 5.97 Å². The molecule has 0 aliphatic heterocycles. The number of primary amides is 1. The second-order valence-corrected chi connectivity index (χ2v) is 5.94. The van der Waals surface area contributed by atoms with Crippen molar-refractivity contribution in [3.63, 3.8) is 0 Å². The number of amides is 1. The Labute approximate surface area is 116 Å². The van der Waals surface area contributed by atoms with E-state index in [2.05, 4.69) is 0 Å².